The van der Waals surface area contributed by atoms with Gasteiger partial charge in [-0.15, -0.1) is 0 Å². The van der Waals surface area contributed by atoms with Gasteiger partial charge in [-0.25, -0.2) is 0 Å². The molecule has 4 atom stereocenters. The highest BCUT2D eigenvalue weighted by atomic mass is 35.5. The molecule has 5 heteroatoms. The third-order valence-corrected chi connectivity index (χ3v) is 9.08. The number of fused-ring (bicyclic) bond motifs is 2. The number of hydrogen-bond donors (Lipinski definition) is 0. The number of halogens is 1. The number of methoxy groups -OCH3 is 1. The maximum Gasteiger partial charge on any atom is 0.308 e. The van der Waals surface area contributed by atoms with Crippen LogP contribution in [0.5, 0.6) is 0 Å². The van der Waals surface area contributed by atoms with Crippen molar-refractivity contribution in [2.45, 2.75) is 84.6 Å². The maximum absolute atomic E-state index is 13.2. The molecule has 4 rings (SSSR count). The predicted molar refractivity (Wildman–Crippen MR) is 146 cm³/mol. The molecule has 2 saturated carbocycles. The van der Waals surface area contributed by atoms with Crippen LogP contribution in [-0.4, -0.2) is 36.2 Å². The summed E-state index contributed by atoms with van der Waals surface area (Å²) in [5.74, 6) is 0.483. The Labute approximate surface area is 222 Å². The zero-order chi connectivity index (χ0) is 26.1. The van der Waals surface area contributed by atoms with Gasteiger partial charge in [0, 0.05) is 36.7 Å². The second-order valence-electron chi connectivity index (χ2n) is 12.3. The van der Waals surface area contributed by atoms with Crippen molar-refractivity contribution in [2.75, 3.05) is 13.7 Å². The lowest BCUT2D eigenvalue weighted by Crippen LogP contribution is -2.49. The quantitative estimate of drug-likeness (QED) is 0.327. The summed E-state index contributed by atoms with van der Waals surface area (Å²) in [4.78, 5) is 15.7. The van der Waals surface area contributed by atoms with Crippen molar-refractivity contribution in [1.82, 2.24) is 4.90 Å². The van der Waals surface area contributed by atoms with Gasteiger partial charge in [0.05, 0.1) is 12.5 Å². The largest absolute Gasteiger partial charge is 0.460 e. The van der Waals surface area contributed by atoms with E-state index in [0.29, 0.717) is 10.9 Å². The lowest BCUT2D eigenvalue weighted by molar-refractivity contribution is -0.157. The van der Waals surface area contributed by atoms with Crippen LogP contribution in [0.3, 0.4) is 0 Å². The average molecular weight is 512 g/mol. The van der Waals surface area contributed by atoms with Gasteiger partial charge in [0.25, 0.3) is 0 Å². The van der Waals surface area contributed by atoms with Crippen molar-refractivity contribution in [3.05, 3.63) is 70.7 Å². The number of ether oxygens (including phenoxy) is 2. The van der Waals surface area contributed by atoms with E-state index in [-0.39, 0.29) is 35.4 Å². The molecule has 0 heterocycles. The number of hydrogen-bond acceptors (Lipinski definition) is 4. The van der Waals surface area contributed by atoms with Crippen LogP contribution in [0.4, 0.5) is 0 Å². The molecule has 2 bridgehead atoms. The van der Waals surface area contributed by atoms with Gasteiger partial charge >= 0.3 is 5.97 Å². The van der Waals surface area contributed by atoms with Gasteiger partial charge in [0.15, 0.2) is 0 Å². The third kappa shape index (κ3) is 5.51. The first-order valence-corrected chi connectivity index (χ1v) is 13.6. The molecule has 2 fully saturated rings. The Bertz CT molecular complexity index is 1030. The summed E-state index contributed by atoms with van der Waals surface area (Å²) >= 11 is 6.26. The van der Waals surface area contributed by atoms with E-state index in [2.05, 4.69) is 55.1 Å². The number of rotatable bonds is 9. The molecule has 0 amide bonds. The molecule has 0 aromatic heterocycles. The fourth-order valence-electron chi connectivity index (χ4n) is 6.84. The Balaban J connectivity index is 1.75. The Morgan fingerprint density at radius 2 is 1.78 bits per heavy atom. The van der Waals surface area contributed by atoms with Gasteiger partial charge in [-0.1, -0.05) is 67.9 Å². The van der Waals surface area contributed by atoms with Crippen LogP contribution >= 0.6 is 11.6 Å². The Kier molecular flexibility index (Phi) is 7.90. The summed E-state index contributed by atoms with van der Waals surface area (Å²) < 4.78 is 12.0. The van der Waals surface area contributed by atoms with E-state index in [0.717, 1.165) is 31.5 Å². The van der Waals surface area contributed by atoms with Gasteiger partial charge in [-0.05, 0) is 74.6 Å². The van der Waals surface area contributed by atoms with Gasteiger partial charge in [0.2, 0.25) is 0 Å². The average Bonchev–Trinajstić information content (AvgIpc) is 3.18. The van der Waals surface area contributed by atoms with Crippen molar-refractivity contribution in [3.63, 3.8) is 0 Å². The molecule has 2 aromatic rings. The fraction of sp³-hybridized carbons (Fsp3) is 0.581. The van der Waals surface area contributed by atoms with Crippen LogP contribution in [0, 0.1) is 16.7 Å². The van der Waals surface area contributed by atoms with E-state index in [1.165, 1.54) is 12.0 Å². The van der Waals surface area contributed by atoms with Crippen LogP contribution in [-0.2, 0) is 20.8 Å². The van der Waals surface area contributed by atoms with E-state index in [4.69, 9.17) is 21.1 Å². The first-order valence-electron chi connectivity index (χ1n) is 13.2. The van der Waals surface area contributed by atoms with E-state index < -0.39 is 5.60 Å². The molecule has 2 aromatic carbocycles. The summed E-state index contributed by atoms with van der Waals surface area (Å²) in [6, 6.07) is 18.4. The smallest absolute Gasteiger partial charge is 0.308 e. The fourth-order valence-corrected chi connectivity index (χ4v) is 6.97. The molecule has 0 unspecified atom stereocenters. The van der Waals surface area contributed by atoms with Crippen molar-refractivity contribution >= 4 is 17.6 Å². The molecule has 36 heavy (non-hydrogen) atoms. The van der Waals surface area contributed by atoms with E-state index >= 15 is 0 Å². The van der Waals surface area contributed by atoms with E-state index in [1.54, 1.807) is 0 Å². The Morgan fingerprint density at radius 3 is 2.36 bits per heavy atom. The SMILES string of the molecule is CO[C@@H]1C[C@H]2CC[C@]1(CN(Cc1ccccc1)[C@@H](CC(=O)OC(C)(C)C)c1ccc(Cl)cc1)C2(C)C. The van der Waals surface area contributed by atoms with Crippen molar-refractivity contribution in [1.29, 1.82) is 0 Å². The first-order chi connectivity index (χ1) is 16.9. The lowest BCUT2D eigenvalue weighted by atomic mass is 9.67. The van der Waals surface area contributed by atoms with Crippen LogP contribution in [0.25, 0.3) is 0 Å². The first kappa shape index (κ1) is 27.2. The highest BCUT2D eigenvalue weighted by molar-refractivity contribution is 6.30. The van der Waals surface area contributed by atoms with E-state index in [1.807, 2.05) is 46.1 Å². The molecule has 0 N–H and O–H groups in total. The van der Waals surface area contributed by atoms with Crippen molar-refractivity contribution in [2.24, 2.45) is 16.7 Å². The third-order valence-electron chi connectivity index (χ3n) is 8.83. The molecule has 2 aliphatic carbocycles. The summed E-state index contributed by atoms with van der Waals surface area (Å²) in [7, 11) is 1.86. The van der Waals surface area contributed by atoms with Gasteiger partial charge < -0.3 is 9.47 Å². The molecule has 0 radical (unpaired) electrons. The molecule has 0 saturated heterocycles. The van der Waals surface area contributed by atoms with Crippen LogP contribution < -0.4 is 0 Å². The molecule has 0 spiro atoms. The lowest BCUT2D eigenvalue weighted by Gasteiger charge is -2.47. The summed E-state index contributed by atoms with van der Waals surface area (Å²) in [6.45, 7) is 12.2. The number of carbonyl (C=O) groups is 1. The number of nitrogens with zero attached hydrogens (tertiary/aromatic N) is 1. The monoisotopic (exact) mass is 511 g/mol. The molecule has 196 valence electrons. The second-order valence-corrected chi connectivity index (χ2v) is 12.8. The van der Waals surface area contributed by atoms with Crippen molar-refractivity contribution < 1.29 is 14.3 Å². The highest BCUT2D eigenvalue weighted by Gasteiger charge is 2.64. The minimum Gasteiger partial charge on any atom is -0.460 e. The van der Waals surface area contributed by atoms with Crippen LogP contribution in [0.2, 0.25) is 5.02 Å². The van der Waals surface area contributed by atoms with E-state index in [9.17, 15) is 4.79 Å². The Hall–Kier alpha value is -1.88. The van der Waals surface area contributed by atoms with Gasteiger partial charge in [-0.3, -0.25) is 9.69 Å². The topological polar surface area (TPSA) is 38.8 Å². The molecular weight excluding hydrogens is 470 g/mol. The summed E-state index contributed by atoms with van der Waals surface area (Å²) in [5, 5.41) is 0.693. The number of esters is 1. The predicted octanol–water partition coefficient (Wildman–Crippen LogP) is 7.46. The second kappa shape index (κ2) is 10.5. The normalized spacial score (nSPS) is 25.8. The van der Waals surface area contributed by atoms with Crippen LogP contribution in [0.15, 0.2) is 54.6 Å². The number of benzene rings is 2. The zero-order valence-corrected chi connectivity index (χ0v) is 23.5. The van der Waals surface area contributed by atoms with Gasteiger partial charge in [-0.2, -0.15) is 0 Å². The summed E-state index contributed by atoms with van der Waals surface area (Å²) in [5.41, 5.74) is 1.98. The molecule has 2 aliphatic rings. The maximum atomic E-state index is 13.2. The molecular formula is C31H42ClNO3. The minimum atomic E-state index is -0.530. The highest BCUT2D eigenvalue weighted by Crippen LogP contribution is 2.67. The number of carbonyl (C=O) groups excluding carboxylic acids is 1. The minimum absolute atomic E-state index is 0.0276. The van der Waals surface area contributed by atoms with Crippen LogP contribution in [0.1, 0.15) is 77.5 Å². The summed E-state index contributed by atoms with van der Waals surface area (Å²) in [6.07, 6.45) is 4.00. The van der Waals surface area contributed by atoms with Gasteiger partial charge in [0.1, 0.15) is 5.60 Å². The molecule has 0 aliphatic heterocycles. The standard InChI is InChI=1S/C31H42ClNO3/c1-29(2,3)36-28(34)19-26(23-12-14-25(32)15-13-23)33(20-22-10-8-7-9-11-22)21-31-17-16-24(30(31,4)5)18-27(31)35-6/h7-15,24,26-27H,16-21H2,1-6H3/t24-,26+,27-,31-/m1/s1. The Morgan fingerprint density at radius 1 is 1.11 bits per heavy atom. The molecule has 4 nitrogen and oxygen atoms in total. The zero-order valence-electron chi connectivity index (χ0n) is 22.7. The van der Waals surface area contributed by atoms with Crippen molar-refractivity contribution in [3.8, 4) is 0 Å².